The second-order valence-electron chi connectivity index (χ2n) is 6.30. The van der Waals surface area contributed by atoms with E-state index in [0.29, 0.717) is 5.56 Å². The molecular formula is C17H23ClN4O3. The zero-order valence-electron chi connectivity index (χ0n) is 14.1. The second-order valence-corrected chi connectivity index (χ2v) is 6.30. The number of urea groups is 1. The van der Waals surface area contributed by atoms with E-state index in [-0.39, 0.29) is 49.4 Å². The van der Waals surface area contributed by atoms with Gasteiger partial charge in [-0.2, -0.15) is 0 Å². The summed E-state index contributed by atoms with van der Waals surface area (Å²) in [6.45, 7) is 3.26. The Morgan fingerprint density at radius 3 is 2.84 bits per heavy atom. The number of carbonyl (C=O) groups excluding carboxylic acids is 3. The van der Waals surface area contributed by atoms with Gasteiger partial charge in [-0.15, -0.1) is 12.4 Å². The van der Waals surface area contributed by atoms with Crippen LogP contribution < -0.4 is 16.0 Å². The minimum atomic E-state index is -0.392. The van der Waals surface area contributed by atoms with Crippen LogP contribution in [-0.4, -0.2) is 47.9 Å². The summed E-state index contributed by atoms with van der Waals surface area (Å²) in [5.41, 5.74) is 1.29. The van der Waals surface area contributed by atoms with Crippen LogP contribution in [0, 0.1) is 0 Å². The van der Waals surface area contributed by atoms with E-state index >= 15 is 0 Å². The van der Waals surface area contributed by atoms with Gasteiger partial charge in [0.1, 0.15) is 0 Å². The number of benzene rings is 1. The molecule has 2 saturated heterocycles. The number of piperidine rings is 1. The van der Waals surface area contributed by atoms with Crippen molar-refractivity contribution < 1.29 is 14.4 Å². The van der Waals surface area contributed by atoms with Crippen molar-refractivity contribution in [3.63, 3.8) is 0 Å². The number of nitrogens with one attached hydrogen (secondary N) is 3. The molecule has 0 aromatic heterocycles. The van der Waals surface area contributed by atoms with Gasteiger partial charge in [-0.3, -0.25) is 14.5 Å². The molecule has 0 saturated carbocycles. The van der Waals surface area contributed by atoms with Gasteiger partial charge in [-0.05, 0) is 44.0 Å². The number of halogens is 1. The molecule has 3 N–H and O–H groups in total. The standard InChI is InChI=1S/C17H22N4O3.ClH/c1-11-14(6-3-7-18-11)20-16(23)13-5-2-4-12(8-13)10-21-15(22)9-19-17(21)24;/h2,4-5,8,11,14,18H,3,6-7,9-10H2,1H3,(H,19,24)(H,20,23);1H. The molecular weight excluding hydrogens is 344 g/mol. The summed E-state index contributed by atoms with van der Waals surface area (Å²) in [4.78, 5) is 36.9. The molecule has 8 heteroatoms. The summed E-state index contributed by atoms with van der Waals surface area (Å²) in [5, 5.41) is 8.90. The third-order valence-corrected chi connectivity index (χ3v) is 4.55. The Labute approximate surface area is 152 Å². The van der Waals surface area contributed by atoms with Crippen molar-refractivity contribution in [3.05, 3.63) is 35.4 Å². The van der Waals surface area contributed by atoms with Gasteiger partial charge < -0.3 is 16.0 Å². The average molecular weight is 367 g/mol. The maximum atomic E-state index is 12.5. The van der Waals surface area contributed by atoms with Crippen molar-refractivity contribution >= 4 is 30.3 Å². The van der Waals surface area contributed by atoms with Gasteiger partial charge in [-0.25, -0.2) is 4.79 Å². The van der Waals surface area contributed by atoms with E-state index in [1.807, 2.05) is 0 Å². The van der Waals surface area contributed by atoms with Crippen LogP contribution in [0.4, 0.5) is 4.79 Å². The average Bonchev–Trinajstić information content (AvgIpc) is 2.89. The molecule has 2 aliphatic rings. The van der Waals surface area contributed by atoms with Crippen LogP contribution in [0.3, 0.4) is 0 Å². The number of nitrogens with zero attached hydrogens (tertiary/aromatic N) is 1. The van der Waals surface area contributed by atoms with Crippen LogP contribution >= 0.6 is 12.4 Å². The van der Waals surface area contributed by atoms with Gasteiger partial charge in [0.15, 0.2) is 0 Å². The van der Waals surface area contributed by atoms with Crippen LogP contribution in [-0.2, 0) is 11.3 Å². The minimum Gasteiger partial charge on any atom is -0.348 e. The number of imide groups is 1. The highest BCUT2D eigenvalue weighted by Crippen LogP contribution is 2.13. The minimum absolute atomic E-state index is 0. The van der Waals surface area contributed by atoms with E-state index in [1.54, 1.807) is 24.3 Å². The van der Waals surface area contributed by atoms with E-state index in [0.717, 1.165) is 29.8 Å². The molecule has 2 atom stereocenters. The molecule has 0 radical (unpaired) electrons. The summed E-state index contributed by atoms with van der Waals surface area (Å²) < 4.78 is 0. The number of amides is 4. The van der Waals surface area contributed by atoms with Gasteiger partial charge in [0, 0.05) is 17.6 Å². The van der Waals surface area contributed by atoms with Crippen LogP contribution in [0.1, 0.15) is 35.7 Å². The van der Waals surface area contributed by atoms with Gasteiger partial charge >= 0.3 is 6.03 Å². The summed E-state index contributed by atoms with van der Waals surface area (Å²) in [6, 6.07) is 7.02. The fraction of sp³-hybridized carbons (Fsp3) is 0.471. The quantitative estimate of drug-likeness (QED) is 0.694. The predicted molar refractivity (Wildman–Crippen MR) is 95.6 cm³/mol. The highest BCUT2D eigenvalue weighted by atomic mass is 35.5. The molecule has 2 heterocycles. The molecule has 1 aromatic rings. The zero-order chi connectivity index (χ0) is 17.1. The molecule has 3 rings (SSSR count). The van der Waals surface area contributed by atoms with E-state index in [2.05, 4.69) is 22.9 Å². The fourth-order valence-corrected chi connectivity index (χ4v) is 3.10. The number of carbonyl (C=O) groups is 3. The lowest BCUT2D eigenvalue weighted by atomic mass is 9.99. The third-order valence-electron chi connectivity index (χ3n) is 4.55. The van der Waals surface area contributed by atoms with Gasteiger partial charge in [0.05, 0.1) is 13.1 Å². The first-order chi connectivity index (χ1) is 11.5. The van der Waals surface area contributed by atoms with Crippen molar-refractivity contribution in [1.82, 2.24) is 20.9 Å². The van der Waals surface area contributed by atoms with Gasteiger partial charge in [0.2, 0.25) is 5.91 Å². The highest BCUT2D eigenvalue weighted by Gasteiger charge is 2.28. The van der Waals surface area contributed by atoms with Crippen molar-refractivity contribution in [3.8, 4) is 0 Å². The van der Waals surface area contributed by atoms with Crippen LogP contribution in [0.15, 0.2) is 24.3 Å². The number of rotatable bonds is 4. The first-order valence-corrected chi connectivity index (χ1v) is 8.26. The first-order valence-electron chi connectivity index (χ1n) is 8.26. The predicted octanol–water partition coefficient (Wildman–Crippen LogP) is 1.03. The Morgan fingerprint density at radius 1 is 1.36 bits per heavy atom. The van der Waals surface area contributed by atoms with Crippen molar-refractivity contribution in [2.75, 3.05) is 13.1 Å². The Morgan fingerprint density at radius 2 is 2.16 bits per heavy atom. The number of hydrogen-bond acceptors (Lipinski definition) is 4. The molecule has 2 fully saturated rings. The molecule has 2 unspecified atom stereocenters. The Hall–Kier alpha value is -2.12. The fourth-order valence-electron chi connectivity index (χ4n) is 3.10. The lowest BCUT2D eigenvalue weighted by molar-refractivity contribution is -0.125. The summed E-state index contributed by atoms with van der Waals surface area (Å²) >= 11 is 0. The highest BCUT2D eigenvalue weighted by molar-refractivity contribution is 6.02. The third kappa shape index (κ3) is 4.49. The molecule has 0 spiro atoms. The van der Waals surface area contributed by atoms with Crippen LogP contribution in [0.5, 0.6) is 0 Å². The zero-order valence-corrected chi connectivity index (χ0v) is 14.9. The maximum Gasteiger partial charge on any atom is 0.324 e. The molecule has 2 aliphatic heterocycles. The topological polar surface area (TPSA) is 90.5 Å². The summed E-state index contributed by atoms with van der Waals surface area (Å²) in [5.74, 6) is -0.383. The van der Waals surface area contributed by atoms with Gasteiger partial charge in [-0.1, -0.05) is 12.1 Å². The largest absolute Gasteiger partial charge is 0.348 e. The second kappa shape index (κ2) is 8.31. The van der Waals surface area contributed by atoms with Crippen molar-refractivity contribution in [2.45, 2.75) is 38.4 Å². The van der Waals surface area contributed by atoms with Crippen LogP contribution in [0.2, 0.25) is 0 Å². The Bertz CT molecular complexity index is 651. The monoisotopic (exact) mass is 366 g/mol. The van der Waals surface area contributed by atoms with Crippen molar-refractivity contribution in [1.29, 1.82) is 0 Å². The van der Waals surface area contributed by atoms with Gasteiger partial charge in [0.25, 0.3) is 5.91 Å². The van der Waals surface area contributed by atoms with Crippen LogP contribution in [0.25, 0.3) is 0 Å². The molecule has 0 aliphatic carbocycles. The molecule has 4 amide bonds. The first kappa shape index (κ1) is 19.2. The normalized spacial score (nSPS) is 23.0. The lowest BCUT2D eigenvalue weighted by Gasteiger charge is -2.30. The SMILES string of the molecule is CC1NCCCC1NC(=O)c1cccc(CN2C(=O)CNC2=O)c1.Cl. The van der Waals surface area contributed by atoms with E-state index in [1.165, 1.54) is 0 Å². The van der Waals surface area contributed by atoms with E-state index in [9.17, 15) is 14.4 Å². The maximum absolute atomic E-state index is 12.5. The molecule has 7 nitrogen and oxygen atoms in total. The number of hydrogen-bond donors (Lipinski definition) is 3. The molecule has 1 aromatic carbocycles. The molecule has 0 bridgehead atoms. The van der Waals surface area contributed by atoms with Crippen molar-refractivity contribution in [2.24, 2.45) is 0 Å². The molecule has 25 heavy (non-hydrogen) atoms. The smallest absolute Gasteiger partial charge is 0.324 e. The van der Waals surface area contributed by atoms with E-state index in [4.69, 9.17) is 0 Å². The Kier molecular flexibility index (Phi) is 6.39. The van der Waals surface area contributed by atoms with E-state index < -0.39 is 6.03 Å². The molecule has 136 valence electrons. The Balaban J connectivity index is 0.00000225. The summed E-state index contributed by atoms with van der Waals surface area (Å²) in [7, 11) is 0. The summed E-state index contributed by atoms with van der Waals surface area (Å²) in [6.07, 6.45) is 2.00. The lowest BCUT2D eigenvalue weighted by Crippen LogP contribution is -2.51.